The van der Waals surface area contributed by atoms with Crippen molar-refractivity contribution in [3.63, 3.8) is 0 Å². The number of aryl methyl sites for hydroxylation is 1. The number of amides is 2. The SMILES string of the molecule is Cc1cc(F)ccc1Oc1ccc(C(F)(F)F)cc1C(=O)Nc1ccc(F)c(-c2cnc(NC(=O)O)[nH]2)c1. The van der Waals surface area contributed by atoms with Crippen LogP contribution in [0.2, 0.25) is 0 Å². The van der Waals surface area contributed by atoms with Gasteiger partial charge in [-0.2, -0.15) is 13.2 Å². The Bertz CT molecular complexity index is 1530. The van der Waals surface area contributed by atoms with Gasteiger partial charge < -0.3 is 20.1 Å². The summed E-state index contributed by atoms with van der Waals surface area (Å²) in [6, 6.07) is 9.21. The molecule has 13 heteroatoms. The van der Waals surface area contributed by atoms with Crippen molar-refractivity contribution < 1.29 is 41.4 Å². The zero-order valence-corrected chi connectivity index (χ0v) is 19.3. The second-order valence-electron chi connectivity index (χ2n) is 7.94. The number of rotatable bonds is 6. The molecule has 4 rings (SSSR count). The minimum absolute atomic E-state index is 0.00932. The van der Waals surface area contributed by atoms with Crippen molar-refractivity contribution in [3.8, 4) is 22.8 Å². The number of carbonyl (C=O) groups excluding carboxylic acids is 1. The lowest BCUT2D eigenvalue weighted by molar-refractivity contribution is -0.137. The number of nitrogens with zero attached hydrogens (tertiary/aromatic N) is 1. The third kappa shape index (κ3) is 5.88. The first-order chi connectivity index (χ1) is 17.9. The van der Waals surface area contributed by atoms with Gasteiger partial charge in [0.1, 0.15) is 23.1 Å². The van der Waals surface area contributed by atoms with Crippen molar-refractivity contribution in [2.75, 3.05) is 10.6 Å². The van der Waals surface area contributed by atoms with E-state index in [2.05, 4.69) is 15.3 Å². The Morgan fingerprint density at radius 3 is 2.39 bits per heavy atom. The summed E-state index contributed by atoms with van der Waals surface area (Å²) in [4.78, 5) is 30.2. The van der Waals surface area contributed by atoms with Gasteiger partial charge in [-0.05, 0) is 67.1 Å². The van der Waals surface area contributed by atoms with E-state index < -0.39 is 40.9 Å². The quantitative estimate of drug-likeness (QED) is 0.204. The second-order valence-corrected chi connectivity index (χ2v) is 7.94. The van der Waals surface area contributed by atoms with Crippen molar-refractivity contribution in [2.24, 2.45) is 0 Å². The van der Waals surface area contributed by atoms with Crippen molar-refractivity contribution in [1.29, 1.82) is 0 Å². The van der Waals surface area contributed by atoms with Crippen LogP contribution in [0.5, 0.6) is 11.5 Å². The van der Waals surface area contributed by atoms with Gasteiger partial charge in [-0.25, -0.2) is 18.6 Å². The molecule has 1 heterocycles. The molecule has 8 nitrogen and oxygen atoms in total. The number of H-pyrrole nitrogens is 1. The first kappa shape index (κ1) is 26.1. The van der Waals surface area contributed by atoms with E-state index in [-0.39, 0.29) is 34.4 Å². The van der Waals surface area contributed by atoms with Gasteiger partial charge >= 0.3 is 12.3 Å². The van der Waals surface area contributed by atoms with Crippen LogP contribution in [0.1, 0.15) is 21.5 Å². The lowest BCUT2D eigenvalue weighted by atomic mass is 10.1. The van der Waals surface area contributed by atoms with Gasteiger partial charge in [-0.3, -0.25) is 10.1 Å². The highest BCUT2D eigenvalue weighted by Crippen LogP contribution is 2.35. The fourth-order valence-corrected chi connectivity index (χ4v) is 3.45. The van der Waals surface area contributed by atoms with Crippen molar-refractivity contribution in [3.05, 3.63) is 89.1 Å². The molecule has 0 fully saturated rings. The summed E-state index contributed by atoms with van der Waals surface area (Å²) in [6.45, 7) is 1.52. The van der Waals surface area contributed by atoms with E-state index in [4.69, 9.17) is 9.84 Å². The van der Waals surface area contributed by atoms with E-state index in [0.717, 1.165) is 36.5 Å². The molecule has 2 amide bonds. The largest absolute Gasteiger partial charge is 0.465 e. The first-order valence-electron chi connectivity index (χ1n) is 10.7. The number of anilines is 2. The first-order valence-corrected chi connectivity index (χ1v) is 10.7. The predicted octanol–water partition coefficient (Wildman–Crippen LogP) is 6.82. The molecular formula is C25H17F5N4O4. The molecule has 0 saturated heterocycles. The number of aromatic nitrogens is 2. The number of hydrogen-bond donors (Lipinski definition) is 4. The molecule has 4 aromatic rings. The number of imidazole rings is 1. The number of hydrogen-bond acceptors (Lipinski definition) is 4. The number of alkyl halides is 3. The topological polar surface area (TPSA) is 116 Å². The van der Waals surface area contributed by atoms with Crippen LogP contribution in [0.3, 0.4) is 0 Å². The zero-order valence-electron chi connectivity index (χ0n) is 19.3. The molecule has 0 aliphatic rings. The van der Waals surface area contributed by atoms with Crippen LogP contribution in [0.4, 0.5) is 38.4 Å². The van der Waals surface area contributed by atoms with E-state index >= 15 is 0 Å². The Labute approximate surface area is 211 Å². The third-order valence-electron chi connectivity index (χ3n) is 5.22. The van der Waals surface area contributed by atoms with Crippen LogP contribution < -0.4 is 15.4 Å². The fourth-order valence-electron chi connectivity index (χ4n) is 3.45. The lowest BCUT2D eigenvalue weighted by Crippen LogP contribution is -2.15. The summed E-state index contributed by atoms with van der Waals surface area (Å²) in [5, 5.41) is 13.1. The molecule has 1 aromatic heterocycles. The van der Waals surface area contributed by atoms with Gasteiger partial charge in [0.25, 0.3) is 5.91 Å². The maximum atomic E-state index is 14.5. The molecular weight excluding hydrogens is 515 g/mol. The van der Waals surface area contributed by atoms with Crippen molar-refractivity contribution in [1.82, 2.24) is 9.97 Å². The number of nitrogens with one attached hydrogen (secondary N) is 3. The Balaban J connectivity index is 1.67. The Morgan fingerprint density at radius 1 is 0.974 bits per heavy atom. The Kier molecular flexibility index (Phi) is 7.02. The van der Waals surface area contributed by atoms with Gasteiger partial charge in [-0.15, -0.1) is 0 Å². The summed E-state index contributed by atoms with van der Waals surface area (Å²) in [5.41, 5.74) is -1.27. The van der Waals surface area contributed by atoms with Crippen LogP contribution in [0.15, 0.2) is 60.8 Å². The molecule has 3 aromatic carbocycles. The second kappa shape index (κ2) is 10.2. The molecule has 196 valence electrons. The van der Waals surface area contributed by atoms with Crippen LogP contribution in [-0.4, -0.2) is 27.1 Å². The highest BCUT2D eigenvalue weighted by molar-refractivity contribution is 6.06. The monoisotopic (exact) mass is 532 g/mol. The maximum absolute atomic E-state index is 14.5. The molecule has 0 radical (unpaired) electrons. The number of ether oxygens (including phenoxy) is 1. The van der Waals surface area contributed by atoms with E-state index in [9.17, 15) is 31.5 Å². The lowest BCUT2D eigenvalue weighted by Gasteiger charge is -2.16. The highest BCUT2D eigenvalue weighted by atomic mass is 19.4. The smallest absolute Gasteiger partial charge is 0.416 e. The number of benzene rings is 3. The minimum atomic E-state index is -4.76. The number of halogens is 5. The number of carboxylic acid groups (broad SMARTS) is 1. The summed E-state index contributed by atoms with van der Waals surface area (Å²) in [6.07, 6.45) is -5.01. The summed E-state index contributed by atoms with van der Waals surface area (Å²) < 4.78 is 73.7. The molecule has 38 heavy (non-hydrogen) atoms. The molecule has 0 spiro atoms. The van der Waals surface area contributed by atoms with Gasteiger partial charge in [0.2, 0.25) is 5.95 Å². The van der Waals surface area contributed by atoms with E-state index in [1.54, 1.807) is 0 Å². The van der Waals surface area contributed by atoms with Crippen molar-refractivity contribution >= 4 is 23.6 Å². The molecule has 0 saturated carbocycles. The summed E-state index contributed by atoms with van der Waals surface area (Å²) in [7, 11) is 0. The summed E-state index contributed by atoms with van der Waals surface area (Å²) in [5.74, 6) is -2.58. The predicted molar refractivity (Wildman–Crippen MR) is 126 cm³/mol. The molecule has 4 N–H and O–H groups in total. The van der Waals surface area contributed by atoms with Crippen LogP contribution in [0.25, 0.3) is 11.3 Å². The van der Waals surface area contributed by atoms with Gasteiger partial charge in [0, 0.05) is 11.3 Å². The van der Waals surface area contributed by atoms with E-state index in [0.29, 0.717) is 11.6 Å². The standard InChI is InChI=1S/C25H17F5N4O4/c1-12-8-14(26)3-7-20(12)38-21-6-2-13(25(28,29)30)9-17(21)22(35)32-15-4-5-18(27)16(10-15)19-11-31-23(33-19)34-24(36)37/h2-11H,1H3,(H,32,35)(H,36,37)(H2,31,33,34). The van der Waals surface area contributed by atoms with Crippen LogP contribution >= 0.6 is 0 Å². The minimum Gasteiger partial charge on any atom is -0.465 e. The average molecular weight is 532 g/mol. The zero-order chi connectivity index (χ0) is 27.6. The Hall–Kier alpha value is -4.94. The average Bonchev–Trinajstić information content (AvgIpc) is 3.29. The molecule has 0 unspecified atom stereocenters. The van der Waals surface area contributed by atoms with Gasteiger partial charge in [-0.1, -0.05) is 0 Å². The number of aromatic amines is 1. The van der Waals surface area contributed by atoms with Crippen molar-refractivity contribution in [2.45, 2.75) is 13.1 Å². The normalized spacial score (nSPS) is 11.2. The third-order valence-corrected chi connectivity index (χ3v) is 5.22. The maximum Gasteiger partial charge on any atom is 0.416 e. The Morgan fingerprint density at radius 2 is 1.71 bits per heavy atom. The number of carbonyl (C=O) groups is 2. The molecule has 0 aliphatic heterocycles. The summed E-state index contributed by atoms with van der Waals surface area (Å²) >= 11 is 0. The molecule has 0 aliphatic carbocycles. The van der Waals surface area contributed by atoms with Gasteiger partial charge in [0.15, 0.2) is 0 Å². The molecule has 0 atom stereocenters. The fraction of sp³-hybridized carbons (Fsp3) is 0.0800. The van der Waals surface area contributed by atoms with Gasteiger partial charge in [0.05, 0.1) is 23.0 Å². The molecule has 0 bridgehead atoms. The highest BCUT2D eigenvalue weighted by Gasteiger charge is 2.32. The van der Waals surface area contributed by atoms with E-state index in [1.165, 1.54) is 25.1 Å². The van der Waals surface area contributed by atoms with E-state index in [1.807, 2.05) is 5.32 Å². The van der Waals surface area contributed by atoms with Crippen LogP contribution in [-0.2, 0) is 6.18 Å². The van der Waals surface area contributed by atoms with Crippen LogP contribution in [0, 0.1) is 18.6 Å².